The maximum Gasteiger partial charge on any atom is 0.407 e. The predicted molar refractivity (Wildman–Crippen MR) is 82.7 cm³/mol. The van der Waals surface area contributed by atoms with Crippen molar-refractivity contribution in [3.63, 3.8) is 0 Å². The minimum absolute atomic E-state index is 0.00809. The molecule has 0 radical (unpaired) electrons. The molecule has 0 unspecified atom stereocenters. The molecule has 1 saturated heterocycles. The number of carbonyl (C=O) groups is 2. The van der Waals surface area contributed by atoms with Gasteiger partial charge in [0.05, 0.1) is 0 Å². The Hall–Kier alpha value is -2.11. The highest BCUT2D eigenvalue weighted by Gasteiger charge is 2.38. The van der Waals surface area contributed by atoms with E-state index in [2.05, 4.69) is 5.32 Å². The van der Waals surface area contributed by atoms with E-state index >= 15 is 0 Å². The van der Waals surface area contributed by atoms with Crippen molar-refractivity contribution in [2.24, 2.45) is 5.92 Å². The summed E-state index contributed by atoms with van der Waals surface area (Å²) in [7, 11) is 0. The second kappa shape index (κ2) is 6.18. The average molecular weight is 320 g/mol. The Morgan fingerprint density at radius 3 is 2.65 bits per heavy atom. The summed E-state index contributed by atoms with van der Waals surface area (Å²) in [5.74, 6) is -0.836. The highest BCUT2D eigenvalue weighted by molar-refractivity contribution is 5.81. The summed E-state index contributed by atoms with van der Waals surface area (Å²) in [6, 6.07) is 4.76. The SMILES string of the molecule is Cc1cc(F)ccc1[C@@H]1CN(C(=O)O)CC[C@H]1C(=O)NC1CC1. The van der Waals surface area contributed by atoms with E-state index in [0.29, 0.717) is 13.0 Å². The first-order valence-electron chi connectivity index (χ1n) is 8.00. The number of aryl methyl sites for hydroxylation is 1. The first-order chi connectivity index (χ1) is 11.0. The summed E-state index contributed by atoms with van der Waals surface area (Å²) in [6.07, 6.45) is 1.54. The van der Waals surface area contributed by atoms with Gasteiger partial charge in [-0.2, -0.15) is 0 Å². The lowest BCUT2D eigenvalue weighted by molar-refractivity contribution is -0.127. The molecule has 0 aromatic heterocycles. The van der Waals surface area contributed by atoms with Crippen LogP contribution in [0, 0.1) is 18.7 Å². The van der Waals surface area contributed by atoms with Crippen LogP contribution in [0.3, 0.4) is 0 Å². The molecule has 2 N–H and O–H groups in total. The van der Waals surface area contributed by atoms with Gasteiger partial charge in [-0.3, -0.25) is 4.79 Å². The van der Waals surface area contributed by atoms with E-state index < -0.39 is 6.09 Å². The van der Waals surface area contributed by atoms with E-state index in [1.165, 1.54) is 17.0 Å². The molecule has 0 spiro atoms. The topological polar surface area (TPSA) is 69.6 Å². The summed E-state index contributed by atoms with van der Waals surface area (Å²) in [4.78, 5) is 25.2. The fourth-order valence-electron chi connectivity index (χ4n) is 3.35. The first-order valence-corrected chi connectivity index (χ1v) is 8.00. The molecule has 1 heterocycles. The summed E-state index contributed by atoms with van der Waals surface area (Å²) in [5, 5.41) is 12.3. The summed E-state index contributed by atoms with van der Waals surface area (Å²) in [6.45, 7) is 2.42. The number of piperidine rings is 1. The van der Waals surface area contributed by atoms with Crippen LogP contribution in [0.2, 0.25) is 0 Å². The molecule has 3 rings (SSSR count). The van der Waals surface area contributed by atoms with Crippen molar-refractivity contribution in [3.05, 3.63) is 35.1 Å². The minimum Gasteiger partial charge on any atom is -0.465 e. The third-order valence-corrected chi connectivity index (χ3v) is 4.78. The summed E-state index contributed by atoms with van der Waals surface area (Å²) < 4.78 is 13.4. The Morgan fingerprint density at radius 2 is 2.04 bits per heavy atom. The van der Waals surface area contributed by atoms with Gasteiger partial charge in [-0.25, -0.2) is 9.18 Å². The molecule has 5 nitrogen and oxygen atoms in total. The van der Waals surface area contributed by atoms with Crippen molar-refractivity contribution < 1.29 is 19.1 Å². The maximum absolute atomic E-state index is 13.4. The second-order valence-corrected chi connectivity index (χ2v) is 6.51. The molecule has 124 valence electrons. The van der Waals surface area contributed by atoms with E-state index in [0.717, 1.165) is 24.0 Å². The van der Waals surface area contributed by atoms with E-state index in [-0.39, 0.29) is 36.1 Å². The number of amides is 2. The standard InChI is InChI=1S/C17H21FN2O3/c1-10-8-11(18)2-5-13(10)15-9-20(17(22)23)7-6-14(15)16(21)19-12-3-4-12/h2,5,8,12,14-15H,3-4,6-7,9H2,1H3,(H,19,21)(H,22,23)/t14-,15+/m1/s1. The number of likely N-dealkylation sites (tertiary alicyclic amines) is 1. The smallest absolute Gasteiger partial charge is 0.407 e. The van der Waals surface area contributed by atoms with Crippen LogP contribution in [0.15, 0.2) is 18.2 Å². The van der Waals surface area contributed by atoms with Gasteiger partial charge in [0.15, 0.2) is 0 Å². The molecule has 1 aliphatic heterocycles. The van der Waals surface area contributed by atoms with E-state index in [1.54, 1.807) is 13.0 Å². The summed E-state index contributed by atoms with van der Waals surface area (Å²) >= 11 is 0. The van der Waals surface area contributed by atoms with Gasteiger partial charge in [0.25, 0.3) is 0 Å². The van der Waals surface area contributed by atoms with Crippen molar-refractivity contribution in [1.29, 1.82) is 0 Å². The summed E-state index contributed by atoms with van der Waals surface area (Å²) in [5.41, 5.74) is 1.61. The van der Waals surface area contributed by atoms with Gasteiger partial charge < -0.3 is 15.3 Å². The van der Waals surface area contributed by atoms with Crippen molar-refractivity contribution in [2.75, 3.05) is 13.1 Å². The number of halogens is 1. The van der Waals surface area contributed by atoms with Crippen molar-refractivity contribution >= 4 is 12.0 Å². The normalized spacial score (nSPS) is 24.3. The van der Waals surface area contributed by atoms with Crippen LogP contribution < -0.4 is 5.32 Å². The second-order valence-electron chi connectivity index (χ2n) is 6.51. The predicted octanol–water partition coefficient (Wildman–Crippen LogP) is 2.50. The lowest BCUT2D eigenvalue weighted by atomic mass is 9.78. The maximum atomic E-state index is 13.4. The Labute approximate surface area is 134 Å². The van der Waals surface area contributed by atoms with Crippen LogP contribution in [-0.4, -0.2) is 41.1 Å². The Kier molecular flexibility index (Phi) is 4.24. The Bertz CT molecular complexity index is 630. The molecule has 1 aliphatic carbocycles. The molecule has 1 aromatic rings. The van der Waals surface area contributed by atoms with Crippen LogP contribution in [-0.2, 0) is 4.79 Å². The zero-order valence-corrected chi connectivity index (χ0v) is 13.1. The molecular weight excluding hydrogens is 299 g/mol. The molecule has 1 saturated carbocycles. The molecule has 2 amide bonds. The molecule has 2 fully saturated rings. The van der Waals surface area contributed by atoms with Crippen LogP contribution in [0.4, 0.5) is 9.18 Å². The first kappa shape index (κ1) is 15.8. The van der Waals surface area contributed by atoms with Gasteiger partial charge in [-0.1, -0.05) is 6.07 Å². The average Bonchev–Trinajstić information content (AvgIpc) is 3.30. The Morgan fingerprint density at radius 1 is 1.30 bits per heavy atom. The fraction of sp³-hybridized carbons (Fsp3) is 0.529. The third kappa shape index (κ3) is 3.46. The van der Waals surface area contributed by atoms with Gasteiger partial charge in [0.2, 0.25) is 5.91 Å². The molecule has 0 bridgehead atoms. The minimum atomic E-state index is -0.976. The number of hydrogen-bond acceptors (Lipinski definition) is 2. The molecule has 6 heteroatoms. The van der Waals surface area contributed by atoms with E-state index in [9.17, 15) is 19.1 Å². The lowest BCUT2D eigenvalue weighted by Gasteiger charge is -2.37. The largest absolute Gasteiger partial charge is 0.465 e. The lowest BCUT2D eigenvalue weighted by Crippen LogP contribution is -2.47. The quantitative estimate of drug-likeness (QED) is 0.899. The zero-order chi connectivity index (χ0) is 16.6. The number of nitrogens with zero attached hydrogens (tertiary/aromatic N) is 1. The number of hydrogen-bond donors (Lipinski definition) is 2. The van der Waals surface area contributed by atoms with Crippen LogP contribution in [0.5, 0.6) is 0 Å². The van der Waals surface area contributed by atoms with Gasteiger partial charge in [0, 0.05) is 31.0 Å². The van der Waals surface area contributed by atoms with Gasteiger partial charge in [-0.05, 0) is 49.4 Å². The van der Waals surface area contributed by atoms with Crippen molar-refractivity contribution in [1.82, 2.24) is 10.2 Å². The zero-order valence-electron chi connectivity index (χ0n) is 13.1. The third-order valence-electron chi connectivity index (χ3n) is 4.78. The number of benzene rings is 1. The molecule has 2 atom stereocenters. The van der Waals surface area contributed by atoms with Crippen LogP contribution >= 0.6 is 0 Å². The van der Waals surface area contributed by atoms with E-state index in [1.807, 2.05) is 0 Å². The molecule has 1 aromatic carbocycles. The highest BCUT2D eigenvalue weighted by atomic mass is 19.1. The molecule has 23 heavy (non-hydrogen) atoms. The molecular formula is C17H21FN2O3. The molecule has 2 aliphatic rings. The monoisotopic (exact) mass is 320 g/mol. The van der Waals surface area contributed by atoms with Gasteiger partial charge >= 0.3 is 6.09 Å². The van der Waals surface area contributed by atoms with Crippen molar-refractivity contribution in [2.45, 2.75) is 38.1 Å². The van der Waals surface area contributed by atoms with Gasteiger partial charge in [0.1, 0.15) is 5.82 Å². The highest BCUT2D eigenvalue weighted by Crippen LogP contribution is 2.35. The van der Waals surface area contributed by atoms with Crippen LogP contribution in [0.25, 0.3) is 0 Å². The van der Waals surface area contributed by atoms with Gasteiger partial charge in [-0.15, -0.1) is 0 Å². The number of carbonyl (C=O) groups excluding carboxylic acids is 1. The number of nitrogens with one attached hydrogen (secondary N) is 1. The van der Waals surface area contributed by atoms with Crippen LogP contribution in [0.1, 0.15) is 36.3 Å². The fourth-order valence-corrected chi connectivity index (χ4v) is 3.35. The van der Waals surface area contributed by atoms with E-state index in [4.69, 9.17) is 0 Å². The number of rotatable bonds is 3. The Balaban J connectivity index is 1.87. The van der Waals surface area contributed by atoms with Crippen molar-refractivity contribution in [3.8, 4) is 0 Å². The number of carboxylic acid groups (broad SMARTS) is 1.